The molecule has 5 heteroatoms. The van der Waals surface area contributed by atoms with E-state index in [1.165, 1.54) is 0 Å². The molecule has 0 aromatic carbocycles. The first-order valence-corrected chi connectivity index (χ1v) is 5.89. The van der Waals surface area contributed by atoms with Gasteiger partial charge in [0, 0.05) is 24.3 Å². The zero-order valence-electron chi connectivity index (χ0n) is 10.0. The second-order valence-electron chi connectivity index (χ2n) is 4.31. The number of hydrogen-bond donors (Lipinski definition) is 2. The lowest BCUT2D eigenvalue weighted by atomic mass is 10.1. The number of anilines is 1. The quantitative estimate of drug-likeness (QED) is 0.791. The first-order chi connectivity index (χ1) is 8.24. The molecule has 0 bridgehead atoms. The maximum Gasteiger partial charge on any atom is 0.133 e. The van der Waals surface area contributed by atoms with Crippen molar-refractivity contribution in [3.63, 3.8) is 0 Å². The summed E-state index contributed by atoms with van der Waals surface area (Å²) in [6.45, 7) is 3.93. The fraction of sp³-hybridized carbons (Fsp3) is 0.583. The molecule has 2 atom stereocenters. The van der Waals surface area contributed by atoms with Gasteiger partial charge in [0.15, 0.2) is 0 Å². The maximum absolute atomic E-state index is 9.37. The van der Waals surface area contributed by atoms with Crippen LogP contribution in [-0.4, -0.2) is 42.5 Å². The molecule has 1 fully saturated rings. The number of aliphatic hydroxyl groups excluding tert-OH is 1. The topological polar surface area (TPSA) is 71.6 Å². The number of nitrogens with zero attached hydrogens (tertiary/aromatic N) is 2. The summed E-state index contributed by atoms with van der Waals surface area (Å²) in [5.41, 5.74) is 6.95. The van der Waals surface area contributed by atoms with Gasteiger partial charge in [0.2, 0.25) is 0 Å². The lowest BCUT2D eigenvalue weighted by Crippen LogP contribution is -2.48. The van der Waals surface area contributed by atoms with Crippen LogP contribution in [0.4, 0.5) is 5.82 Å². The zero-order chi connectivity index (χ0) is 12.3. The largest absolute Gasteiger partial charge is 0.394 e. The van der Waals surface area contributed by atoms with Crippen molar-refractivity contribution in [3.05, 3.63) is 23.9 Å². The second kappa shape index (κ2) is 5.44. The number of morpholine rings is 1. The normalized spacial score (nSPS) is 22.5. The molecule has 0 saturated carbocycles. The lowest BCUT2D eigenvalue weighted by Gasteiger charge is -2.36. The monoisotopic (exact) mass is 237 g/mol. The molecule has 0 amide bonds. The van der Waals surface area contributed by atoms with E-state index in [-0.39, 0.29) is 18.7 Å². The minimum Gasteiger partial charge on any atom is -0.394 e. The molecule has 1 aromatic heterocycles. The van der Waals surface area contributed by atoms with Crippen LogP contribution in [0.3, 0.4) is 0 Å². The van der Waals surface area contributed by atoms with E-state index in [2.05, 4.69) is 9.88 Å². The molecule has 5 nitrogen and oxygen atoms in total. The van der Waals surface area contributed by atoms with Gasteiger partial charge in [-0.2, -0.15) is 0 Å². The summed E-state index contributed by atoms with van der Waals surface area (Å²) >= 11 is 0. The van der Waals surface area contributed by atoms with E-state index in [4.69, 9.17) is 10.5 Å². The van der Waals surface area contributed by atoms with Gasteiger partial charge in [-0.3, -0.25) is 0 Å². The number of ether oxygens (including phenoxy) is 1. The Balaban J connectivity index is 2.31. The predicted molar refractivity (Wildman–Crippen MR) is 65.9 cm³/mol. The minimum absolute atomic E-state index is 0.0313. The summed E-state index contributed by atoms with van der Waals surface area (Å²) in [7, 11) is 0. The maximum atomic E-state index is 9.37. The molecule has 1 aliphatic heterocycles. The van der Waals surface area contributed by atoms with Gasteiger partial charge in [-0.15, -0.1) is 0 Å². The van der Waals surface area contributed by atoms with E-state index in [9.17, 15) is 5.11 Å². The highest BCUT2D eigenvalue weighted by atomic mass is 16.5. The Morgan fingerprint density at radius 1 is 1.71 bits per heavy atom. The number of nitrogens with two attached hydrogens (primary N) is 1. The summed E-state index contributed by atoms with van der Waals surface area (Å²) in [5, 5.41) is 9.37. The SMILES string of the molecule is CC(N)c1cccnc1N1CCOCC1CO. The van der Waals surface area contributed by atoms with Gasteiger partial charge in [-0.25, -0.2) is 4.98 Å². The first kappa shape index (κ1) is 12.3. The molecule has 17 heavy (non-hydrogen) atoms. The summed E-state index contributed by atoms with van der Waals surface area (Å²) < 4.78 is 5.36. The van der Waals surface area contributed by atoms with Gasteiger partial charge in [0.05, 0.1) is 25.9 Å². The van der Waals surface area contributed by atoms with Crippen LogP contribution < -0.4 is 10.6 Å². The van der Waals surface area contributed by atoms with Crippen molar-refractivity contribution in [2.24, 2.45) is 5.73 Å². The molecule has 2 rings (SSSR count). The van der Waals surface area contributed by atoms with Crippen LogP contribution in [0.5, 0.6) is 0 Å². The van der Waals surface area contributed by atoms with Gasteiger partial charge < -0.3 is 20.5 Å². The van der Waals surface area contributed by atoms with Crippen molar-refractivity contribution < 1.29 is 9.84 Å². The Morgan fingerprint density at radius 2 is 2.53 bits per heavy atom. The average Bonchev–Trinajstić information content (AvgIpc) is 2.38. The van der Waals surface area contributed by atoms with Gasteiger partial charge in [0.25, 0.3) is 0 Å². The second-order valence-corrected chi connectivity index (χ2v) is 4.31. The highest BCUT2D eigenvalue weighted by Gasteiger charge is 2.25. The Hall–Kier alpha value is -1.17. The van der Waals surface area contributed by atoms with E-state index < -0.39 is 0 Å². The Labute approximate surface area is 101 Å². The fourth-order valence-electron chi connectivity index (χ4n) is 2.09. The van der Waals surface area contributed by atoms with Crippen molar-refractivity contribution in [1.29, 1.82) is 0 Å². The van der Waals surface area contributed by atoms with E-state index in [1.54, 1.807) is 6.20 Å². The summed E-state index contributed by atoms with van der Waals surface area (Å²) in [6, 6.07) is 3.77. The molecule has 0 radical (unpaired) electrons. The highest BCUT2D eigenvalue weighted by Crippen LogP contribution is 2.25. The van der Waals surface area contributed by atoms with Crippen LogP contribution in [0.1, 0.15) is 18.5 Å². The van der Waals surface area contributed by atoms with Crippen LogP contribution in [0.15, 0.2) is 18.3 Å². The van der Waals surface area contributed by atoms with E-state index in [0.29, 0.717) is 13.2 Å². The summed E-state index contributed by atoms with van der Waals surface area (Å²) in [6.07, 6.45) is 1.76. The fourth-order valence-corrected chi connectivity index (χ4v) is 2.09. The van der Waals surface area contributed by atoms with Gasteiger partial charge >= 0.3 is 0 Å². The minimum atomic E-state index is -0.0686. The molecule has 2 heterocycles. The van der Waals surface area contributed by atoms with E-state index in [1.807, 2.05) is 19.1 Å². The summed E-state index contributed by atoms with van der Waals surface area (Å²) in [4.78, 5) is 6.49. The lowest BCUT2D eigenvalue weighted by molar-refractivity contribution is 0.0721. The molecule has 94 valence electrons. The number of aromatic nitrogens is 1. The average molecular weight is 237 g/mol. The Morgan fingerprint density at radius 3 is 3.24 bits per heavy atom. The van der Waals surface area contributed by atoms with Gasteiger partial charge in [-0.05, 0) is 13.0 Å². The Kier molecular flexibility index (Phi) is 3.93. The molecule has 3 N–H and O–H groups in total. The van der Waals surface area contributed by atoms with Crippen molar-refractivity contribution in [3.8, 4) is 0 Å². The van der Waals surface area contributed by atoms with Crippen LogP contribution in [0.25, 0.3) is 0 Å². The molecule has 0 aliphatic carbocycles. The molecular formula is C12H19N3O2. The van der Waals surface area contributed by atoms with Crippen molar-refractivity contribution in [2.75, 3.05) is 31.3 Å². The van der Waals surface area contributed by atoms with Gasteiger partial charge in [0.1, 0.15) is 5.82 Å². The van der Waals surface area contributed by atoms with Crippen molar-refractivity contribution in [2.45, 2.75) is 19.0 Å². The molecular weight excluding hydrogens is 218 g/mol. The third-order valence-electron chi connectivity index (χ3n) is 3.02. The molecule has 1 aliphatic rings. The molecule has 2 unspecified atom stereocenters. The first-order valence-electron chi connectivity index (χ1n) is 5.89. The number of pyridine rings is 1. The van der Waals surface area contributed by atoms with Gasteiger partial charge in [-0.1, -0.05) is 6.07 Å². The third kappa shape index (κ3) is 2.57. The summed E-state index contributed by atoms with van der Waals surface area (Å²) in [5.74, 6) is 0.866. The zero-order valence-corrected chi connectivity index (χ0v) is 10.0. The van der Waals surface area contributed by atoms with Crippen LogP contribution in [-0.2, 0) is 4.74 Å². The standard InChI is InChI=1S/C12H19N3O2/c1-9(13)11-3-2-4-14-12(11)15-5-6-17-8-10(15)7-16/h2-4,9-10,16H,5-8,13H2,1H3. The molecule has 0 spiro atoms. The van der Waals surface area contributed by atoms with Crippen molar-refractivity contribution >= 4 is 5.82 Å². The van der Waals surface area contributed by atoms with E-state index >= 15 is 0 Å². The highest BCUT2D eigenvalue weighted by molar-refractivity contribution is 5.49. The predicted octanol–water partition coefficient (Wildman–Crippen LogP) is 0.299. The van der Waals surface area contributed by atoms with Crippen LogP contribution in [0, 0.1) is 0 Å². The van der Waals surface area contributed by atoms with E-state index in [0.717, 1.165) is 17.9 Å². The number of aliphatic hydroxyl groups is 1. The van der Waals surface area contributed by atoms with Crippen LogP contribution >= 0.6 is 0 Å². The molecule has 1 aromatic rings. The Bertz CT molecular complexity index is 371. The smallest absolute Gasteiger partial charge is 0.133 e. The molecule has 1 saturated heterocycles. The van der Waals surface area contributed by atoms with Crippen molar-refractivity contribution in [1.82, 2.24) is 4.98 Å². The van der Waals surface area contributed by atoms with Crippen LogP contribution in [0.2, 0.25) is 0 Å². The number of hydrogen-bond acceptors (Lipinski definition) is 5. The third-order valence-corrected chi connectivity index (χ3v) is 3.02. The number of rotatable bonds is 3.